The molecule has 0 spiro atoms. The van der Waals surface area contributed by atoms with E-state index in [1.54, 1.807) is 0 Å². The van der Waals surface area contributed by atoms with E-state index < -0.39 is 7.23 Å². The molecule has 0 N–H and O–H groups in total. The van der Waals surface area contributed by atoms with Crippen LogP contribution < -0.4 is 0 Å². The molecular formula is C4H10O2PS. The van der Waals surface area contributed by atoms with Crippen molar-refractivity contribution in [1.82, 2.24) is 0 Å². The minimum atomic E-state index is -1.41. The summed E-state index contributed by atoms with van der Waals surface area (Å²) in [5.74, 6) is 0.856. The Morgan fingerprint density at radius 3 is 2.62 bits per heavy atom. The van der Waals surface area contributed by atoms with Gasteiger partial charge in [0.2, 0.25) is 0 Å². The molecule has 0 saturated carbocycles. The quantitative estimate of drug-likeness (QED) is 0.580. The Morgan fingerprint density at radius 1 is 1.62 bits per heavy atom. The fourth-order valence-corrected chi connectivity index (χ4v) is 1.92. The van der Waals surface area contributed by atoms with Gasteiger partial charge >= 0.3 is 0 Å². The van der Waals surface area contributed by atoms with Gasteiger partial charge in [0, 0.05) is 5.75 Å². The molecule has 0 amide bonds. The summed E-state index contributed by atoms with van der Waals surface area (Å²) in [5, 5.41) is 0. The van der Waals surface area contributed by atoms with E-state index >= 15 is 0 Å². The predicted molar refractivity (Wildman–Crippen MR) is 37.4 cm³/mol. The minimum Gasteiger partial charge on any atom is -0.296 e. The maximum absolute atomic E-state index is 10.5. The summed E-state index contributed by atoms with van der Waals surface area (Å²) in [6, 6.07) is 0. The molecule has 0 bridgehead atoms. The second kappa shape index (κ2) is 5.54. The number of rotatable bonds is 4. The lowest BCUT2D eigenvalue weighted by Crippen LogP contribution is -1.73. The molecule has 0 fully saturated rings. The molecule has 0 aliphatic rings. The Labute approximate surface area is 54.6 Å². The van der Waals surface area contributed by atoms with Gasteiger partial charge in [0.05, 0.1) is 6.61 Å². The molecule has 1 atom stereocenters. The van der Waals surface area contributed by atoms with Gasteiger partial charge in [0.1, 0.15) is 0 Å². The maximum Gasteiger partial charge on any atom is 0.277 e. The molecule has 0 aliphatic heterocycles. The summed E-state index contributed by atoms with van der Waals surface area (Å²) in [6.45, 7) is 4.34. The monoisotopic (exact) mass is 153 g/mol. The largest absolute Gasteiger partial charge is 0.296 e. The van der Waals surface area contributed by atoms with Crippen LogP contribution in [0.4, 0.5) is 0 Å². The zero-order valence-corrected chi connectivity index (χ0v) is 6.80. The zero-order chi connectivity index (χ0) is 6.41. The summed E-state index contributed by atoms with van der Waals surface area (Å²) >= 11 is 1.34. The Kier molecular flexibility index (Phi) is 5.83. The minimum absolute atomic E-state index is 0.544. The van der Waals surface area contributed by atoms with E-state index in [0.717, 1.165) is 5.75 Å². The van der Waals surface area contributed by atoms with Crippen molar-refractivity contribution < 1.29 is 9.09 Å². The highest BCUT2D eigenvalue weighted by molar-refractivity contribution is 8.50. The summed E-state index contributed by atoms with van der Waals surface area (Å²) in [7, 11) is -1.41. The summed E-state index contributed by atoms with van der Waals surface area (Å²) < 4.78 is 15.3. The van der Waals surface area contributed by atoms with E-state index in [2.05, 4.69) is 0 Å². The lowest BCUT2D eigenvalue weighted by atomic mass is 10.9. The molecule has 0 saturated heterocycles. The first kappa shape index (κ1) is 8.41. The van der Waals surface area contributed by atoms with Crippen molar-refractivity contribution in [3.05, 3.63) is 0 Å². The van der Waals surface area contributed by atoms with Gasteiger partial charge in [-0.1, -0.05) is 6.92 Å². The highest BCUT2D eigenvalue weighted by atomic mass is 32.7. The van der Waals surface area contributed by atoms with Gasteiger partial charge in [-0.25, -0.2) is 4.57 Å². The molecule has 49 valence electrons. The van der Waals surface area contributed by atoms with Gasteiger partial charge in [-0.15, -0.1) is 0 Å². The zero-order valence-electron chi connectivity index (χ0n) is 5.09. The summed E-state index contributed by atoms with van der Waals surface area (Å²) in [6.07, 6.45) is 0. The van der Waals surface area contributed by atoms with Crippen LogP contribution in [0.2, 0.25) is 0 Å². The van der Waals surface area contributed by atoms with Crippen molar-refractivity contribution >= 4 is 18.6 Å². The van der Waals surface area contributed by atoms with Crippen LogP contribution in [-0.4, -0.2) is 12.4 Å². The van der Waals surface area contributed by atoms with Gasteiger partial charge in [-0.2, -0.15) is 0 Å². The molecule has 2 nitrogen and oxygen atoms in total. The summed E-state index contributed by atoms with van der Waals surface area (Å²) in [4.78, 5) is 0. The van der Waals surface area contributed by atoms with Crippen molar-refractivity contribution in [2.24, 2.45) is 0 Å². The highest BCUT2D eigenvalue weighted by Gasteiger charge is 1.95. The topological polar surface area (TPSA) is 26.3 Å². The first-order chi connectivity index (χ1) is 3.81. The van der Waals surface area contributed by atoms with Gasteiger partial charge in [0.15, 0.2) is 0 Å². The van der Waals surface area contributed by atoms with Gasteiger partial charge in [0.25, 0.3) is 7.23 Å². The molecule has 0 aliphatic carbocycles. The van der Waals surface area contributed by atoms with Crippen molar-refractivity contribution in [3.8, 4) is 0 Å². The van der Waals surface area contributed by atoms with Crippen LogP contribution in [0.3, 0.4) is 0 Å². The molecular weight excluding hydrogens is 143 g/mol. The smallest absolute Gasteiger partial charge is 0.277 e. The Hall–Kier alpha value is 0.410. The van der Waals surface area contributed by atoms with E-state index in [-0.39, 0.29) is 0 Å². The standard InChI is InChI=1S/C4H10O2PS/c1-3-6-7(5)8-4-2/h3-4H2,1-2H3. The van der Waals surface area contributed by atoms with Gasteiger partial charge in [-0.05, 0) is 18.3 Å². The Balaban J connectivity index is 3.06. The molecule has 0 heterocycles. The molecule has 4 heteroatoms. The molecule has 0 rings (SSSR count). The lowest BCUT2D eigenvalue weighted by molar-refractivity contribution is 0.361. The predicted octanol–water partition coefficient (Wildman–Crippen LogP) is 2.43. The van der Waals surface area contributed by atoms with Crippen LogP contribution in [0.25, 0.3) is 0 Å². The fourth-order valence-electron chi connectivity index (χ4n) is 0.248. The first-order valence-corrected chi connectivity index (χ1v) is 5.31. The highest BCUT2D eigenvalue weighted by Crippen LogP contribution is 2.37. The van der Waals surface area contributed by atoms with E-state index in [1.807, 2.05) is 13.8 Å². The molecule has 1 unspecified atom stereocenters. The molecule has 8 heavy (non-hydrogen) atoms. The van der Waals surface area contributed by atoms with Crippen LogP contribution >= 0.6 is 18.6 Å². The van der Waals surface area contributed by atoms with Crippen molar-refractivity contribution in [2.75, 3.05) is 12.4 Å². The van der Waals surface area contributed by atoms with E-state index in [1.165, 1.54) is 11.4 Å². The molecule has 1 radical (unpaired) electrons. The van der Waals surface area contributed by atoms with E-state index in [0.29, 0.717) is 6.61 Å². The van der Waals surface area contributed by atoms with Crippen molar-refractivity contribution in [1.29, 1.82) is 0 Å². The first-order valence-electron chi connectivity index (χ1n) is 2.54. The fraction of sp³-hybridized carbons (Fsp3) is 1.00. The maximum atomic E-state index is 10.5. The van der Waals surface area contributed by atoms with Crippen LogP contribution in [0.1, 0.15) is 13.8 Å². The third-order valence-electron chi connectivity index (χ3n) is 0.469. The Bertz CT molecular complexity index is 68.4. The third-order valence-corrected chi connectivity index (χ3v) is 3.13. The molecule has 0 aromatic heterocycles. The van der Waals surface area contributed by atoms with Gasteiger partial charge in [-0.3, -0.25) is 4.52 Å². The second-order valence-corrected chi connectivity index (χ2v) is 4.27. The van der Waals surface area contributed by atoms with Crippen LogP contribution in [0, 0.1) is 0 Å². The molecule has 0 aromatic carbocycles. The SMILES string of the molecule is CCO[P](=O)SCC. The van der Waals surface area contributed by atoms with Gasteiger partial charge < -0.3 is 0 Å². The van der Waals surface area contributed by atoms with E-state index in [4.69, 9.17) is 4.52 Å². The average Bonchev–Trinajstić information content (AvgIpc) is 1.68. The van der Waals surface area contributed by atoms with Crippen LogP contribution in [0.15, 0.2) is 0 Å². The average molecular weight is 153 g/mol. The summed E-state index contributed by atoms with van der Waals surface area (Å²) in [5.41, 5.74) is 0. The molecule has 0 aromatic rings. The van der Waals surface area contributed by atoms with Crippen molar-refractivity contribution in [2.45, 2.75) is 13.8 Å². The van der Waals surface area contributed by atoms with E-state index in [9.17, 15) is 4.57 Å². The lowest BCUT2D eigenvalue weighted by Gasteiger charge is -1.93. The van der Waals surface area contributed by atoms with Crippen LogP contribution in [0.5, 0.6) is 0 Å². The van der Waals surface area contributed by atoms with Crippen molar-refractivity contribution in [3.63, 3.8) is 0 Å². The second-order valence-electron chi connectivity index (χ2n) is 1.06. The normalized spacial score (nSPS) is 11.5. The Morgan fingerprint density at radius 2 is 2.25 bits per heavy atom. The number of hydrogen-bond acceptors (Lipinski definition) is 3. The number of hydrogen-bond donors (Lipinski definition) is 0. The third kappa shape index (κ3) is 4.57. The van der Waals surface area contributed by atoms with Crippen LogP contribution in [-0.2, 0) is 9.09 Å².